The molecule has 0 unspecified atom stereocenters. The van der Waals surface area contributed by atoms with E-state index in [0.29, 0.717) is 18.4 Å². The molecule has 1 atom stereocenters. The molecule has 2 aromatic carbocycles. The number of rotatable bonds is 9. The predicted molar refractivity (Wildman–Crippen MR) is 131 cm³/mol. The molecule has 2 aliphatic rings. The largest absolute Gasteiger partial charge is 0.586 e. The van der Waals surface area contributed by atoms with Crippen LogP contribution in [0.4, 0.5) is 13.2 Å². The highest BCUT2D eigenvalue weighted by Gasteiger charge is 2.52. The minimum atomic E-state index is -3.87. The first-order chi connectivity index (χ1) is 20.0. The fourth-order valence-corrected chi connectivity index (χ4v) is 4.66. The molecule has 1 aliphatic carbocycles. The lowest BCUT2D eigenvalue weighted by Crippen LogP contribution is -2.26. The van der Waals surface area contributed by atoms with Crippen molar-refractivity contribution in [2.75, 3.05) is 6.56 Å². The summed E-state index contributed by atoms with van der Waals surface area (Å²) in [6.07, 6.45) is -8.13. The van der Waals surface area contributed by atoms with E-state index in [1.54, 1.807) is 0 Å². The van der Waals surface area contributed by atoms with Gasteiger partial charge in [0.15, 0.2) is 11.5 Å². The quantitative estimate of drug-likeness (QED) is 0.413. The number of ketones is 1. The number of hydrogen-bond acceptors (Lipinski definition) is 5. The molecule has 1 aliphatic heterocycles. The number of nitrogens with zero attached hydrogens (tertiary/aromatic N) is 1. The maximum atomic E-state index is 15.9. The number of benzene rings is 2. The van der Waals surface area contributed by atoms with Crippen molar-refractivity contribution < 1.29 is 47.2 Å². The molecule has 0 bridgehead atoms. The normalized spacial score (nSPS) is 21.8. The second-order valence-electron chi connectivity index (χ2n) is 9.88. The van der Waals surface area contributed by atoms with Gasteiger partial charge >= 0.3 is 6.29 Å². The summed E-state index contributed by atoms with van der Waals surface area (Å²) in [5.74, 6) is -2.32. The van der Waals surface area contributed by atoms with Crippen molar-refractivity contribution >= 4 is 16.7 Å². The Bertz CT molecular complexity index is 1690. The Morgan fingerprint density at radius 1 is 1.24 bits per heavy atom. The van der Waals surface area contributed by atoms with Gasteiger partial charge in [0.05, 0.1) is 37.0 Å². The Morgan fingerprint density at radius 2 is 1.95 bits per heavy atom. The van der Waals surface area contributed by atoms with Crippen LogP contribution in [0.15, 0.2) is 36.3 Å². The van der Waals surface area contributed by atoms with Gasteiger partial charge in [0.25, 0.3) is 0 Å². The highest BCUT2D eigenvalue weighted by Crippen LogP contribution is 2.52. The number of aromatic nitrogens is 1. The van der Waals surface area contributed by atoms with Crippen LogP contribution < -0.4 is 9.47 Å². The zero-order valence-corrected chi connectivity index (χ0v) is 20.3. The SMILES string of the molecule is [2H]c1c(CC(=O)C2(c3ccc4c(c3)OC(F)(F)O4)CC2)c(F)c([2H])c2c1c([2H])c(C(C)(C)C([2H])([2H])C)n2C[C@@H](O)C([2H])([2H])O. The number of aliphatic hydroxyl groups is 2. The van der Waals surface area contributed by atoms with Gasteiger partial charge in [0, 0.05) is 25.7 Å². The number of Topliss-reactive ketones (excluding diaryl/α,β-unsaturated/α-hetero) is 1. The van der Waals surface area contributed by atoms with E-state index in [9.17, 15) is 23.8 Å². The second kappa shape index (κ2) is 8.77. The van der Waals surface area contributed by atoms with Crippen molar-refractivity contribution in [3.05, 3.63) is 59.0 Å². The van der Waals surface area contributed by atoms with Gasteiger partial charge < -0.3 is 24.3 Å². The molecule has 0 spiro atoms. The Labute approximate surface area is 222 Å². The van der Waals surface area contributed by atoms with E-state index in [1.165, 1.54) is 39.0 Å². The maximum absolute atomic E-state index is 15.9. The van der Waals surface area contributed by atoms with Crippen molar-refractivity contribution in [3.63, 3.8) is 0 Å². The van der Waals surface area contributed by atoms with Crippen LogP contribution in [0.5, 0.6) is 11.5 Å². The van der Waals surface area contributed by atoms with Crippen molar-refractivity contribution in [1.82, 2.24) is 4.57 Å². The summed E-state index contributed by atoms with van der Waals surface area (Å²) in [5.41, 5.74) is -3.50. The summed E-state index contributed by atoms with van der Waals surface area (Å²) in [6, 6.07) is 1.93. The van der Waals surface area contributed by atoms with E-state index in [0.717, 1.165) is 4.57 Å². The van der Waals surface area contributed by atoms with Gasteiger partial charge in [0.2, 0.25) is 0 Å². The van der Waals surface area contributed by atoms with Crippen molar-refractivity contribution in [1.29, 1.82) is 0 Å². The average molecular weight is 525 g/mol. The summed E-state index contributed by atoms with van der Waals surface area (Å²) < 4.78 is 111. The molecule has 0 amide bonds. The van der Waals surface area contributed by atoms with Crippen LogP contribution in [-0.2, 0) is 28.6 Å². The number of carbonyl (C=O) groups excluding carboxylic acids is 1. The van der Waals surface area contributed by atoms with E-state index in [-0.39, 0.29) is 22.6 Å². The van der Waals surface area contributed by atoms with Crippen LogP contribution in [0, 0.1) is 5.82 Å². The number of carbonyl (C=O) groups is 1. The van der Waals surface area contributed by atoms with E-state index in [4.69, 9.17) is 9.60 Å². The monoisotopic (exact) mass is 524 g/mol. The lowest BCUT2D eigenvalue weighted by atomic mass is 9.86. The molecule has 3 aromatic rings. The third-order valence-corrected chi connectivity index (χ3v) is 7.09. The van der Waals surface area contributed by atoms with E-state index in [2.05, 4.69) is 9.47 Å². The smallest absolute Gasteiger partial charge is 0.395 e. The number of hydrogen-bond donors (Lipinski definition) is 2. The lowest BCUT2D eigenvalue weighted by Gasteiger charge is -2.26. The summed E-state index contributed by atoms with van der Waals surface area (Å²) in [7, 11) is 0. The summed E-state index contributed by atoms with van der Waals surface area (Å²) in [5, 5.41) is 19.8. The van der Waals surface area contributed by atoms with Crippen LogP contribution in [-0.4, -0.2) is 39.5 Å². The molecule has 2 N–H and O–H groups in total. The number of ether oxygens (including phenoxy) is 2. The van der Waals surface area contributed by atoms with Crippen LogP contribution in [0.3, 0.4) is 0 Å². The number of aliphatic hydroxyl groups excluding tert-OH is 1. The average Bonchev–Trinajstić information content (AvgIpc) is 3.56. The number of alkyl halides is 2. The molecule has 198 valence electrons. The van der Waals surface area contributed by atoms with Crippen molar-refractivity contribution in [2.45, 2.75) is 76.2 Å². The van der Waals surface area contributed by atoms with Gasteiger partial charge in [-0.2, -0.15) is 0 Å². The highest BCUT2D eigenvalue weighted by atomic mass is 19.3. The summed E-state index contributed by atoms with van der Waals surface area (Å²) in [4.78, 5) is 13.6. The lowest BCUT2D eigenvalue weighted by molar-refractivity contribution is -0.286. The summed E-state index contributed by atoms with van der Waals surface area (Å²) >= 11 is 0. The second-order valence-corrected chi connectivity index (χ2v) is 9.88. The van der Waals surface area contributed by atoms with Crippen LogP contribution >= 0.6 is 0 Å². The van der Waals surface area contributed by atoms with Gasteiger partial charge in [-0.3, -0.25) is 4.79 Å². The fourth-order valence-electron chi connectivity index (χ4n) is 4.66. The zero-order chi connectivity index (χ0) is 32.9. The van der Waals surface area contributed by atoms with Crippen molar-refractivity contribution in [2.24, 2.45) is 0 Å². The molecular weight excluding hydrogens is 487 g/mol. The first-order valence-corrected chi connectivity index (χ1v) is 11.7. The van der Waals surface area contributed by atoms with Crippen LogP contribution in [0.1, 0.15) is 66.4 Å². The van der Waals surface area contributed by atoms with Gasteiger partial charge in [0.1, 0.15) is 11.6 Å². The molecule has 9 heteroatoms. The first kappa shape index (κ1) is 18.3. The Balaban J connectivity index is 1.63. The Hall–Kier alpha value is -3.04. The molecule has 0 radical (unpaired) electrons. The minimum absolute atomic E-state index is 0.177. The van der Waals surface area contributed by atoms with Crippen LogP contribution in [0.25, 0.3) is 10.9 Å². The molecule has 0 saturated heterocycles. The Morgan fingerprint density at radius 3 is 2.59 bits per heavy atom. The number of halogens is 3. The minimum Gasteiger partial charge on any atom is -0.395 e. The van der Waals surface area contributed by atoms with Gasteiger partial charge in [-0.25, -0.2) is 4.39 Å². The first-order valence-electron chi connectivity index (χ1n) is 15.2. The predicted octanol–water partition coefficient (Wildman–Crippen LogP) is 4.99. The molecule has 1 fully saturated rings. The molecule has 2 heterocycles. The zero-order valence-electron chi connectivity index (χ0n) is 27.3. The van der Waals surface area contributed by atoms with E-state index in [1.807, 2.05) is 0 Å². The topological polar surface area (TPSA) is 80.9 Å². The van der Waals surface area contributed by atoms with Crippen molar-refractivity contribution in [3.8, 4) is 11.5 Å². The maximum Gasteiger partial charge on any atom is 0.586 e. The van der Waals surface area contributed by atoms with Gasteiger partial charge in [-0.15, -0.1) is 8.78 Å². The fraction of sp³-hybridized carbons (Fsp3) is 0.464. The molecule has 1 aromatic heterocycles. The van der Waals surface area contributed by atoms with Crippen LogP contribution in [0.2, 0.25) is 0 Å². The standard InChI is InChI=1S/C28H30F3NO5/c1-4-26(2,3)24-10-17-9-16(20(29)13-21(17)32(24)14-19(34)15-33)11-25(35)27(7-8-27)18-5-6-22-23(12-18)37-28(30,31)36-22/h5-6,9-10,12-13,19,33-34H,4,7-8,11,14-15H2,1-3H3/t19-/m1/s1/i4D2,9D,10D,13D,15D2. The highest BCUT2D eigenvalue weighted by molar-refractivity contribution is 5.95. The van der Waals surface area contributed by atoms with E-state index < -0.39 is 89.9 Å². The molecule has 5 rings (SSSR count). The summed E-state index contributed by atoms with van der Waals surface area (Å²) in [6.45, 7) is 0.106. The molecule has 37 heavy (non-hydrogen) atoms. The Kier molecular flexibility index (Phi) is 4.33. The van der Waals surface area contributed by atoms with Gasteiger partial charge in [-0.05, 0) is 60.6 Å². The molecule has 6 nitrogen and oxygen atoms in total. The number of fused-ring (bicyclic) bond motifs is 2. The molecule has 1 saturated carbocycles. The molecular formula is C28H30F3NO5. The van der Waals surface area contributed by atoms with E-state index >= 15 is 4.39 Å². The van der Waals surface area contributed by atoms with Gasteiger partial charge in [-0.1, -0.05) is 26.8 Å². The third kappa shape index (κ3) is 4.48. The third-order valence-electron chi connectivity index (χ3n) is 7.09.